The van der Waals surface area contributed by atoms with Crippen LogP contribution in [0.2, 0.25) is 0 Å². The molecule has 1 aliphatic rings. The number of anilines is 1. The third-order valence-corrected chi connectivity index (χ3v) is 5.25. The van der Waals surface area contributed by atoms with Crippen LogP contribution in [0.3, 0.4) is 0 Å². The highest BCUT2D eigenvalue weighted by Crippen LogP contribution is 2.24. The van der Waals surface area contributed by atoms with E-state index >= 15 is 0 Å². The van der Waals surface area contributed by atoms with E-state index in [2.05, 4.69) is 25.3 Å². The molecule has 0 bridgehead atoms. The number of carbonyl (C=O) groups is 1. The van der Waals surface area contributed by atoms with Gasteiger partial charge in [0, 0.05) is 38.8 Å². The maximum atomic E-state index is 12.1. The summed E-state index contributed by atoms with van der Waals surface area (Å²) in [5.41, 5.74) is 0.936. The van der Waals surface area contributed by atoms with Gasteiger partial charge in [-0.3, -0.25) is 14.6 Å². The van der Waals surface area contributed by atoms with Crippen LogP contribution >= 0.6 is 11.3 Å². The number of nitrogens with zero attached hydrogens (tertiary/aromatic N) is 4. The Kier molecular flexibility index (Phi) is 5.33. The molecule has 0 spiro atoms. The van der Waals surface area contributed by atoms with Gasteiger partial charge in [0.2, 0.25) is 11.8 Å². The molecule has 9 heteroatoms. The zero-order valence-electron chi connectivity index (χ0n) is 15.1. The van der Waals surface area contributed by atoms with Crippen molar-refractivity contribution in [2.45, 2.75) is 13.5 Å². The SMILES string of the molecule is Cc1cc(NC(=O)CN2CCN(Cc3coc(-c4cccs4)n3)CC2)no1. The Morgan fingerprint density at radius 1 is 1.30 bits per heavy atom. The molecule has 3 aromatic rings. The van der Waals surface area contributed by atoms with Crippen molar-refractivity contribution < 1.29 is 13.7 Å². The van der Waals surface area contributed by atoms with Gasteiger partial charge in [0.05, 0.1) is 17.1 Å². The van der Waals surface area contributed by atoms with Crippen LogP contribution in [0, 0.1) is 6.92 Å². The van der Waals surface area contributed by atoms with Gasteiger partial charge in [0.15, 0.2) is 5.82 Å². The minimum absolute atomic E-state index is 0.0751. The van der Waals surface area contributed by atoms with E-state index in [-0.39, 0.29) is 5.91 Å². The summed E-state index contributed by atoms with van der Waals surface area (Å²) in [5.74, 6) is 1.74. The van der Waals surface area contributed by atoms with Crippen molar-refractivity contribution in [3.8, 4) is 10.8 Å². The van der Waals surface area contributed by atoms with Crippen LogP contribution in [0.5, 0.6) is 0 Å². The Labute approximate surface area is 160 Å². The molecule has 0 aromatic carbocycles. The molecule has 1 N–H and O–H groups in total. The lowest BCUT2D eigenvalue weighted by molar-refractivity contribution is -0.117. The van der Waals surface area contributed by atoms with Crippen LogP contribution < -0.4 is 5.32 Å². The first-order valence-electron chi connectivity index (χ1n) is 8.82. The molecule has 3 aromatic heterocycles. The molecule has 27 heavy (non-hydrogen) atoms. The van der Waals surface area contributed by atoms with Crippen molar-refractivity contribution >= 4 is 23.1 Å². The van der Waals surface area contributed by atoms with Gasteiger partial charge in [-0.25, -0.2) is 4.98 Å². The first-order valence-corrected chi connectivity index (χ1v) is 9.70. The summed E-state index contributed by atoms with van der Waals surface area (Å²) in [4.78, 5) is 22.2. The smallest absolute Gasteiger partial charge is 0.239 e. The van der Waals surface area contributed by atoms with Gasteiger partial charge in [-0.05, 0) is 18.4 Å². The third kappa shape index (κ3) is 4.62. The Bertz CT molecular complexity index is 881. The molecule has 0 unspecified atom stereocenters. The van der Waals surface area contributed by atoms with Crippen LogP contribution in [0.15, 0.2) is 38.8 Å². The van der Waals surface area contributed by atoms with Gasteiger partial charge >= 0.3 is 0 Å². The Hall–Kier alpha value is -2.49. The second-order valence-electron chi connectivity index (χ2n) is 6.54. The van der Waals surface area contributed by atoms with E-state index in [1.165, 1.54) is 0 Å². The van der Waals surface area contributed by atoms with Crippen molar-refractivity contribution in [1.29, 1.82) is 0 Å². The van der Waals surface area contributed by atoms with E-state index in [1.54, 1.807) is 30.6 Å². The molecular weight excluding hydrogens is 366 g/mol. The maximum absolute atomic E-state index is 12.1. The Morgan fingerprint density at radius 2 is 2.11 bits per heavy atom. The first-order chi connectivity index (χ1) is 13.2. The lowest BCUT2D eigenvalue weighted by Crippen LogP contribution is -2.48. The lowest BCUT2D eigenvalue weighted by atomic mass is 10.3. The molecule has 1 saturated heterocycles. The fourth-order valence-corrected chi connectivity index (χ4v) is 3.69. The summed E-state index contributed by atoms with van der Waals surface area (Å²) in [7, 11) is 0. The van der Waals surface area contributed by atoms with Crippen LogP contribution in [0.4, 0.5) is 5.82 Å². The number of amides is 1. The summed E-state index contributed by atoms with van der Waals surface area (Å²) in [6.45, 7) is 6.34. The maximum Gasteiger partial charge on any atom is 0.239 e. The van der Waals surface area contributed by atoms with E-state index in [1.807, 2.05) is 17.5 Å². The average Bonchev–Trinajstić information content (AvgIpc) is 3.39. The fraction of sp³-hybridized carbons (Fsp3) is 0.389. The van der Waals surface area contributed by atoms with Crippen molar-refractivity contribution in [1.82, 2.24) is 19.9 Å². The zero-order chi connectivity index (χ0) is 18.6. The van der Waals surface area contributed by atoms with E-state index < -0.39 is 0 Å². The molecule has 1 aliphatic heterocycles. The molecule has 1 fully saturated rings. The quantitative estimate of drug-likeness (QED) is 0.695. The van der Waals surface area contributed by atoms with Gasteiger partial charge in [-0.1, -0.05) is 11.2 Å². The molecule has 4 rings (SSSR count). The van der Waals surface area contributed by atoms with Crippen molar-refractivity contribution in [2.24, 2.45) is 0 Å². The van der Waals surface area contributed by atoms with Crippen LogP contribution in [0.25, 0.3) is 10.8 Å². The van der Waals surface area contributed by atoms with E-state index in [9.17, 15) is 4.79 Å². The van der Waals surface area contributed by atoms with Crippen molar-refractivity contribution in [2.75, 3.05) is 38.0 Å². The van der Waals surface area contributed by atoms with Crippen molar-refractivity contribution in [3.05, 3.63) is 41.3 Å². The molecule has 8 nitrogen and oxygen atoms in total. The second-order valence-corrected chi connectivity index (χ2v) is 7.49. The van der Waals surface area contributed by atoms with E-state index in [0.29, 0.717) is 24.0 Å². The fourth-order valence-electron chi connectivity index (χ4n) is 3.04. The number of thiophene rings is 1. The summed E-state index contributed by atoms with van der Waals surface area (Å²) < 4.78 is 10.5. The number of carbonyl (C=O) groups excluding carboxylic acids is 1. The number of hydrogen-bond donors (Lipinski definition) is 1. The van der Waals surface area contributed by atoms with Gasteiger partial charge in [-0.2, -0.15) is 0 Å². The van der Waals surface area contributed by atoms with Crippen LogP contribution in [-0.2, 0) is 11.3 Å². The highest BCUT2D eigenvalue weighted by molar-refractivity contribution is 7.13. The number of rotatable bonds is 6. The number of oxazole rings is 1. The van der Waals surface area contributed by atoms with Gasteiger partial charge in [0.25, 0.3) is 0 Å². The predicted molar refractivity (Wildman–Crippen MR) is 101 cm³/mol. The molecule has 0 saturated carbocycles. The lowest BCUT2D eigenvalue weighted by Gasteiger charge is -2.33. The molecule has 4 heterocycles. The van der Waals surface area contributed by atoms with Gasteiger partial charge in [0.1, 0.15) is 12.0 Å². The average molecular weight is 387 g/mol. The normalized spacial score (nSPS) is 15.9. The van der Waals surface area contributed by atoms with Crippen LogP contribution in [0.1, 0.15) is 11.5 Å². The predicted octanol–water partition coefficient (Wildman–Crippen LogP) is 2.46. The monoisotopic (exact) mass is 387 g/mol. The molecule has 0 radical (unpaired) electrons. The zero-order valence-corrected chi connectivity index (χ0v) is 15.9. The number of hydrogen-bond acceptors (Lipinski definition) is 8. The summed E-state index contributed by atoms with van der Waals surface area (Å²) in [5, 5.41) is 8.55. The minimum atomic E-state index is -0.0751. The first kappa shape index (κ1) is 17.9. The number of aryl methyl sites for hydroxylation is 1. The summed E-state index contributed by atoms with van der Waals surface area (Å²) >= 11 is 1.62. The third-order valence-electron chi connectivity index (χ3n) is 4.40. The largest absolute Gasteiger partial charge is 0.444 e. The topological polar surface area (TPSA) is 87.6 Å². The second kappa shape index (κ2) is 8.03. The summed E-state index contributed by atoms with van der Waals surface area (Å²) in [6, 6.07) is 5.70. The minimum Gasteiger partial charge on any atom is -0.444 e. The van der Waals surface area contributed by atoms with Crippen LogP contribution in [-0.4, -0.2) is 58.6 Å². The van der Waals surface area contributed by atoms with Gasteiger partial charge < -0.3 is 14.3 Å². The molecule has 1 amide bonds. The van der Waals surface area contributed by atoms with E-state index in [0.717, 1.165) is 43.3 Å². The summed E-state index contributed by atoms with van der Waals surface area (Å²) in [6.07, 6.45) is 1.73. The molecule has 0 atom stereocenters. The molecule has 142 valence electrons. The van der Waals surface area contributed by atoms with E-state index in [4.69, 9.17) is 8.94 Å². The molecular formula is C18H21N5O3S. The molecule has 0 aliphatic carbocycles. The highest BCUT2D eigenvalue weighted by atomic mass is 32.1. The van der Waals surface area contributed by atoms with Crippen molar-refractivity contribution in [3.63, 3.8) is 0 Å². The Morgan fingerprint density at radius 3 is 2.81 bits per heavy atom. The standard InChI is InChI=1S/C18H21N5O3S/c1-13-9-16(21-26-13)20-17(24)11-23-6-4-22(5-7-23)10-14-12-25-18(19-14)15-3-2-8-27-15/h2-3,8-9,12H,4-7,10-11H2,1H3,(H,20,21,24). The Balaban J connectivity index is 1.22. The van der Waals surface area contributed by atoms with Gasteiger partial charge in [-0.15, -0.1) is 11.3 Å². The number of aromatic nitrogens is 2. The number of piperazine rings is 1. The highest BCUT2D eigenvalue weighted by Gasteiger charge is 2.20. The number of nitrogens with one attached hydrogen (secondary N) is 1.